The second-order valence-corrected chi connectivity index (χ2v) is 7.79. The Morgan fingerprint density at radius 3 is 2.59 bits per heavy atom. The smallest absolute Gasteiger partial charge is 0.310 e. The van der Waals surface area contributed by atoms with Gasteiger partial charge in [-0.05, 0) is 49.8 Å². The van der Waals surface area contributed by atoms with Gasteiger partial charge in [-0.2, -0.15) is 0 Å². The lowest BCUT2D eigenvalue weighted by Gasteiger charge is -2.39. The van der Waals surface area contributed by atoms with Gasteiger partial charge in [-0.15, -0.1) is 0 Å². The normalized spacial score (nSPS) is 20.6. The third kappa shape index (κ3) is 5.47. The van der Waals surface area contributed by atoms with E-state index in [1.807, 2.05) is 43.9 Å². The van der Waals surface area contributed by atoms with Crippen LogP contribution in [0.3, 0.4) is 0 Å². The van der Waals surface area contributed by atoms with Crippen LogP contribution in [0.5, 0.6) is 5.75 Å². The van der Waals surface area contributed by atoms with Gasteiger partial charge >= 0.3 is 5.97 Å². The van der Waals surface area contributed by atoms with Crippen molar-refractivity contribution in [2.75, 3.05) is 20.3 Å². The number of carbonyl (C=O) groups is 2. The van der Waals surface area contributed by atoms with E-state index < -0.39 is 0 Å². The highest BCUT2D eigenvalue weighted by molar-refractivity contribution is 5.79. The molecule has 1 aliphatic carbocycles. The number of aryl methyl sites for hydroxylation is 1. The van der Waals surface area contributed by atoms with Gasteiger partial charge in [-0.25, -0.2) is 0 Å². The van der Waals surface area contributed by atoms with Crippen molar-refractivity contribution in [3.63, 3.8) is 0 Å². The first kappa shape index (κ1) is 21.3. The molecule has 1 aliphatic rings. The predicted molar refractivity (Wildman–Crippen MR) is 106 cm³/mol. The first-order chi connectivity index (χ1) is 12.8. The van der Waals surface area contributed by atoms with Crippen LogP contribution in [0.15, 0.2) is 18.2 Å². The largest absolute Gasteiger partial charge is 0.483 e. The Hall–Kier alpha value is -2.04. The van der Waals surface area contributed by atoms with Gasteiger partial charge in [0.15, 0.2) is 6.61 Å². The van der Waals surface area contributed by atoms with Gasteiger partial charge in [0.05, 0.1) is 13.0 Å². The summed E-state index contributed by atoms with van der Waals surface area (Å²) in [5.41, 5.74) is 2.18. The van der Waals surface area contributed by atoms with Crippen LogP contribution in [0.2, 0.25) is 0 Å². The van der Waals surface area contributed by atoms with Crippen molar-refractivity contribution in [3.8, 4) is 5.75 Å². The van der Waals surface area contributed by atoms with Crippen LogP contribution in [-0.2, 0) is 14.3 Å². The Balaban J connectivity index is 2.12. The summed E-state index contributed by atoms with van der Waals surface area (Å²) in [5.74, 6) is 0.458. The van der Waals surface area contributed by atoms with Crippen molar-refractivity contribution in [2.24, 2.45) is 11.8 Å². The van der Waals surface area contributed by atoms with Crippen LogP contribution in [0, 0.1) is 25.7 Å². The van der Waals surface area contributed by atoms with Crippen molar-refractivity contribution < 1.29 is 19.1 Å². The highest BCUT2D eigenvalue weighted by Gasteiger charge is 2.33. The molecule has 0 spiro atoms. The maximum atomic E-state index is 13.1. The molecule has 1 saturated carbocycles. The Morgan fingerprint density at radius 1 is 1.22 bits per heavy atom. The number of methoxy groups -OCH3 is 1. The summed E-state index contributed by atoms with van der Waals surface area (Å²) in [6, 6.07) is 6.00. The Kier molecular flexibility index (Phi) is 7.69. The number of rotatable bonds is 7. The molecule has 27 heavy (non-hydrogen) atoms. The zero-order chi connectivity index (χ0) is 20.0. The minimum Gasteiger partial charge on any atom is -0.483 e. The number of nitrogens with zero attached hydrogens (tertiary/aromatic N) is 1. The van der Waals surface area contributed by atoms with E-state index in [4.69, 9.17) is 9.47 Å². The lowest BCUT2D eigenvalue weighted by Crippen LogP contribution is -2.49. The summed E-state index contributed by atoms with van der Waals surface area (Å²) in [6.07, 6.45) is 4.40. The highest BCUT2D eigenvalue weighted by atomic mass is 16.5. The standard InChI is InChI=1S/C22H33NO4/c1-15-10-8-12-20(18(15)4)27-14-21(24)23(13-17(3)22(25)26-5)19-11-7-6-9-16(19)2/h8,10,12,16-17,19H,6-7,9,11,13-14H2,1-5H3. The monoisotopic (exact) mass is 375 g/mol. The summed E-state index contributed by atoms with van der Waals surface area (Å²) >= 11 is 0. The highest BCUT2D eigenvalue weighted by Crippen LogP contribution is 2.29. The van der Waals surface area contributed by atoms with E-state index in [9.17, 15) is 9.59 Å². The van der Waals surface area contributed by atoms with Gasteiger partial charge in [0.2, 0.25) is 0 Å². The number of carbonyl (C=O) groups excluding carboxylic acids is 2. The topological polar surface area (TPSA) is 55.8 Å². The average Bonchev–Trinajstić information content (AvgIpc) is 2.66. The Labute approximate surface area is 163 Å². The van der Waals surface area contributed by atoms with Crippen molar-refractivity contribution >= 4 is 11.9 Å². The third-order valence-corrected chi connectivity index (χ3v) is 5.77. The SMILES string of the molecule is COC(=O)C(C)CN(C(=O)COc1cccc(C)c1C)C1CCCCC1C. The zero-order valence-electron chi connectivity index (χ0n) is 17.3. The summed E-state index contributed by atoms with van der Waals surface area (Å²) in [4.78, 5) is 26.8. The van der Waals surface area contributed by atoms with Crippen molar-refractivity contribution in [2.45, 2.75) is 59.4 Å². The van der Waals surface area contributed by atoms with Crippen molar-refractivity contribution in [1.29, 1.82) is 0 Å². The molecule has 1 fully saturated rings. The second kappa shape index (κ2) is 9.77. The average molecular weight is 376 g/mol. The molecule has 3 unspecified atom stereocenters. The van der Waals surface area contributed by atoms with Gasteiger partial charge < -0.3 is 14.4 Å². The number of hydrogen-bond donors (Lipinski definition) is 0. The molecule has 5 nitrogen and oxygen atoms in total. The molecule has 1 amide bonds. The molecule has 0 N–H and O–H groups in total. The minimum atomic E-state index is -0.353. The molecule has 0 bridgehead atoms. The van der Waals surface area contributed by atoms with E-state index in [1.165, 1.54) is 13.5 Å². The molecule has 0 heterocycles. The van der Waals surface area contributed by atoms with Gasteiger partial charge in [0.25, 0.3) is 5.91 Å². The molecule has 0 saturated heterocycles. The summed E-state index contributed by atoms with van der Waals surface area (Å²) in [7, 11) is 1.39. The molecule has 150 valence electrons. The van der Waals surface area contributed by atoms with Crippen LogP contribution in [-0.4, -0.2) is 43.1 Å². The van der Waals surface area contributed by atoms with E-state index in [0.29, 0.717) is 12.5 Å². The van der Waals surface area contributed by atoms with Crippen LogP contribution < -0.4 is 4.74 Å². The van der Waals surface area contributed by atoms with E-state index in [1.54, 1.807) is 0 Å². The van der Waals surface area contributed by atoms with E-state index in [2.05, 4.69) is 6.92 Å². The van der Waals surface area contributed by atoms with Crippen LogP contribution in [0.4, 0.5) is 0 Å². The quantitative estimate of drug-likeness (QED) is 0.678. The van der Waals surface area contributed by atoms with Crippen LogP contribution >= 0.6 is 0 Å². The van der Waals surface area contributed by atoms with Gasteiger partial charge in [0.1, 0.15) is 5.75 Å². The molecular weight excluding hydrogens is 342 g/mol. The zero-order valence-corrected chi connectivity index (χ0v) is 17.3. The van der Waals surface area contributed by atoms with Crippen LogP contribution in [0.25, 0.3) is 0 Å². The lowest BCUT2D eigenvalue weighted by molar-refractivity contribution is -0.148. The number of hydrogen-bond acceptors (Lipinski definition) is 4. The van der Waals surface area contributed by atoms with E-state index in [0.717, 1.165) is 36.1 Å². The van der Waals surface area contributed by atoms with E-state index in [-0.39, 0.29) is 30.4 Å². The summed E-state index contributed by atoms with van der Waals surface area (Å²) < 4.78 is 10.7. The lowest BCUT2D eigenvalue weighted by atomic mass is 9.84. The number of ether oxygens (including phenoxy) is 2. The maximum absolute atomic E-state index is 13.1. The van der Waals surface area contributed by atoms with Gasteiger partial charge in [0, 0.05) is 12.6 Å². The molecule has 0 aliphatic heterocycles. The van der Waals surface area contributed by atoms with Crippen molar-refractivity contribution in [1.82, 2.24) is 4.90 Å². The fourth-order valence-electron chi connectivity index (χ4n) is 3.86. The maximum Gasteiger partial charge on any atom is 0.310 e. The molecule has 0 aromatic heterocycles. The van der Waals surface area contributed by atoms with Crippen molar-refractivity contribution in [3.05, 3.63) is 29.3 Å². The molecule has 5 heteroatoms. The molecule has 1 aromatic rings. The van der Waals surface area contributed by atoms with E-state index >= 15 is 0 Å². The predicted octanol–water partition coefficient (Wildman–Crippen LogP) is 3.90. The fourth-order valence-corrected chi connectivity index (χ4v) is 3.86. The summed E-state index contributed by atoms with van der Waals surface area (Å²) in [5, 5.41) is 0. The van der Waals surface area contributed by atoms with Crippen LogP contribution in [0.1, 0.15) is 50.7 Å². The second-order valence-electron chi connectivity index (χ2n) is 7.79. The number of amides is 1. The minimum absolute atomic E-state index is 0.0125. The number of esters is 1. The molecule has 1 aromatic carbocycles. The molecule has 0 radical (unpaired) electrons. The fraction of sp³-hybridized carbons (Fsp3) is 0.636. The molecule has 3 atom stereocenters. The van der Waals surface area contributed by atoms with Gasteiger partial charge in [-0.1, -0.05) is 38.8 Å². The Bertz CT molecular complexity index is 658. The Morgan fingerprint density at radius 2 is 1.93 bits per heavy atom. The summed E-state index contributed by atoms with van der Waals surface area (Å²) in [6.45, 7) is 8.38. The van der Waals surface area contributed by atoms with Gasteiger partial charge in [-0.3, -0.25) is 9.59 Å². The third-order valence-electron chi connectivity index (χ3n) is 5.77. The first-order valence-electron chi connectivity index (χ1n) is 9.91. The first-order valence-corrected chi connectivity index (χ1v) is 9.91. The molecule has 2 rings (SSSR count). The number of benzene rings is 1. The molecular formula is C22H33NO4.